The summed E-state index contributed by atoms with van der Waals surface area (Å²) in [7, 11) is 1.33. The number of carbonyl (C=O) groups excluding carboxylic acids is 2. The Morgan fingerprint density at radius 1 is 1.31 bits per heavy atom. The summed E-state index contributed by atoms with van der Waals surface area (Å²) in [4.78, 5) is 32.4. The summed E-state index contributed by atoms with van der Waals surface area (Å²) in [5.41, 5.74) is 2.16. The standard InChI is InChI=1S/C22H29N3O4/c1-4-25(5-2)21(26)18-8-6-7-16(12-18)11-17-9-10-24(13-17)14-20-23-19(15-29-20)22(27)28-3/h6-8,12,15,17H,4-5,9-11,13-14H2,1-3H3. The first-order chi connectivity index (χ1) is 14.0. The summed E-state index contributed by atoms with van der Waals surface area (Å²) in [6, 6.07) is 7.99. The number of oxazole rings is 1. The first-order valence-corrected chi connectivity index (χ1v) is 10.2. The summed E-state index contributed by atoms with van der Waals surface area (Å²) >= 11 is 0. The number of carbonyl (C=O) groups is 2. The number of benzene rings is 1. The van der Waals surface area contributed by atoms with Gasteiger partial charge in [-0.1, -0.05) is 12.1 Å². The Morgan fingerprint density at radius 3 is 2.83 bits per heavy atom. The molecule has 1 atom stereocenters. The highest BCUT2D eigenvalue weighted by molar-refractivity contribution is 5.94. The van der Waals surface area contributed by atoms with Gasteiger partial charge in [0.25, 0.3) is 5.91 Å². The van der Waals surface area contributed by atoms with Gasteiger partial charge >= 0.3 is 5.97 Å². The van der Waals surface area contributed by atoms with Crippen LogP contribution in [-0.4, -0.2) is 59.9 Å². The van der Waals surface area contributed by atoms with Gasteiger partial charge in [0.15, 0.2) is 5.69 Å². The Kier molecular flexibility index (Phi) is 7.04. The van der Waals surface area contributed by atoms with Crippen LogP contribution in [0.1, 0.15) is 52.6 Å². The molecule has 7 nitrogen and oxygen atoms in total. The molecule has 29 heavy (non-hydrogen) atoms. The number of hydrogen-bond donors (Lipinski definition) is 0. The van der Waals surface area contributed by atoms with E-state index in [4.69, 9.17) is 4.42 Å². The predicted molar refractivity (Wildman–Crippen MR) is 109 cm³/mol. The molecule has 0 saturated carbocycles. The second-order valence-corrected chi connectivity index (χ2v) is 7.39. The Hall–Kier alpha value is -2.67. The maximum absolute atomic E-state index is 12.6. The number of aromatic nitrogens is 1. The van der Waals surface area contributed by atoms with Crippen LogP contribution in [0.4, 0.5) is 0 Å². The van der Waals surface area contributed by atoms with Crippen molar-refractivity contribution in [3.05, 3.63) is 53.2 Å². The summed E-state index contributed by atoms with van der Waals surface area (Å²) < 4.78 is 10.0. The van der Waals surface area contributed by atoms with Gasteiger partial charge < -0.3 is 14.1 Å². The normalized spacial score (nSPS) is 16.7. The van der Waals surface area contributed by atoms with E-state index in [9.17, 15) is 9.59 Å². The van der Waals surface area contributed by atoms with Gasteiger partial charge in [-0.25, -0.2) is 9.78 Å². The second kappa shape index (κ2) is 9.69. The highest BCUT2D eigenvalue weighted by Crippen LogP contribution is 2.23. The number of nitrogens with zero attached hydrogens (tertiary/aromatic N) is 3. The van der Waals surface area contributed by atoms with Gasteiger partial charge in [0.05, 0.1) is 13.7 Å². The zero-order chi connectivity index (χ0) is 20.8. The average molecular weight is 399 g/mol. The van der Waals surface area contributed by atoms with Crippen LogP contribution in [-0.2, 0) is 17.7 Å². The molecule has 1 amide bonds. The zero-order valence-corrected chi connectivity index (χ0v) is 17.4. The van der Waals surface area contributed by atoms with Crippen molar-refractivity contribution in [2.45, 2.75) is 33.2 Å². The predicted octanol–water partition coefficient (Wildman–Crippen LogP) is 3.01. The lowest BCUT2D eigenvalue weighted by Gasteiger charge is -2.19. The van der Waals surface area contributed by atoms with E-state index in [1.165, 1.54) is 18.9 Å². The summed E-state index contributed by atoms with van der Waals surface area (Å²) in [6.07, 6.45) is 3.36. The van der Waals surface area contributed by atoms with E-state index < -0.39 is 5.97 Å². The molecule has 3 rings (SSSR count). The molecule has 156 valence electrons. The molecule has 0 radical (unpaired) electrons. The van der Waals surface area contributed by atoms with Crippen molar-refractivity contribution in [2.24, 2.45) is 5.92 Å². The van der Waals surface area contributed by atoms with Crippen LogP contribution < -0.4 is 0 Å². The van der Waals surface area contributed by atoms with Gasteiger partial charge in [-0.15, -0.1) is 0 Å². The lowest BCUT2D eigenvalue weighted by Crippen LogP contribution is -2.30. The molecule has 1 aliphatic heterocycles. The lowest BCUT2D eigenvalue weighted by molar-refractivity contribution is 0.0593. The van der Waals surface area contributed by atoms with Gasteiger partial charge in [0, 0.05) is 25.2 Å². The van der Waals surface area contributed by atoms with E-state index in [-0.39, 0.29) is 11.6 Å². The highest BCUT2D eigenvalue weighted by Gasteiger charge is 2.25. The van der Waals surface area contributed by atoms with Crippen molar-refractivity contribution < 1.29 is 18.7 Å². The highest BCUT2D eigenvalue weighted by atomic mass is 16.5. The van der Waals surface area contributed by atoms with Crippen molar-refractivity contribution in [3.8, 4) is 0 Å². The number of ether oxygens (including phenoxy) is 1. The van der Waals surface area contributed by atoms with Crippen LogP contribution in [0.15, 0.2) is 34.9 Å². The fourth-order valence-corrected chi connectivity index (χ4v) is 3.85. The topological polar surface area (TPSA) is 75.9 Å². The third-order valence-electron chi connectivity index (χ3n) is 5.42. The van der Waals surface area contributed by atoms with Crippen molar-refractivity contribution in [1.29, 1.82) is 0 Å². The summed E-state index contributed by atoms with van der Waals surface area (Å²) in [5, 5.41) is 0. The first kappa shape index (κ1) is 21.0. The molecule has 0 N–H and O–H groups in total. The van der Waals surface area contributed by atoms with Crippen LogP contribution in [0, 0.1) is 5.92 Å². The lowest BCUT2D eigenvalue weighted by atomic mass is 9.97. The molecule has 0 spiro atoms. The third-order valence-corrected chi connectivity index (χ3v) is 5.42. The molecule has 7 heteroatoms. The van der Waals surface area contributed by atoms with Gasteiger partial charge in [-0.3, -0.25) is 9.69 Å². The maximum Gasteiger partial charge on any atom is 0.360 e. The van der Waals surface area contributed by atoms with Crippen LogP contribution in [0.25, 0.3) is 0 Å². The van der Waals surface area contributed by atoms with E-state index in [1.54, 1.807) is 0 Å². The molecule has 2 aromatic rings. The van der Waals surface area contributed by atoms with E-state index in [0.717, 1.165) is 44.6 Å². The molecule has 1 aliphatic rings. The Morgan fingerprint density at radius 2 is 2.10 bits per heavy atom. The number of methoxy groups -OCH3 is 1. The van der Waals surface area contributed by atoms with Crippen LogP contribution >= 0.6 is 0 Å². The molecule has 2 heterocycles. The molecule has 1 unspecified atom stereocenters. The average Bonchev–Trinajstić information content (AvgIpc) is 3.38. The molecule has 0 bridgehead atoms. The maximum atomic E-state index is 12.6. The van der Waals surface area contributed by atoms with Crippen molar-refractivity contribution in [3.63, 3.8) is 0 Å². The largest absolute Gasteiger partial charge is 0.464 e. The first-order valence-electron chi connectivity index (χ1n) is 10.2. The molecule has 1 fully saturated rings. The minimum absolute atomic E-state index is 0.0928. The van der Waals surface area contributed by atoms with Crippen molar-refractivity contribution in [2.75, 3.05) is 33.3 Å². The van der Waals surface area contributed by atoms with E-state index in [0.29, 0.717) is 18.4 Å². The number of esters is 1. The fraction of sp³-hybridized carbons (Fsp3) is 0.500. The molecule has 1 aromatic carbocycles. The van der Waals surface area contributed by atoms with Gasteiger partial charge in [-0.05, 0) is 56.8 Å². The monoisotopic (exact) mass is 399 g/mol. The molecule has 1 aromatic heterocycles. The Balaban J connectivity index is 1.56. The van der Waals surface area contributed by atoms with E-state index in [1.807, 2.05) is 36.9 Å². The number of likely N-dealkylation sites (tertiary alicyclic amines) is 1. The van der Waals surface area contributed by atoms with Crippen molar-refractivity contribution in [1.82, 2.24) is 14.8 Å². The Bertz CT molecular complexity index is 844. The van der Waals surface area contributed by atoms with Gasteiger partial charge in [-0.2, -0.15) is 0 Å². The molecule has 1 saturated heterocycles. The van der Waals surface area contributed by atoms with E-state index in [2.05, 4.69) is 20.7 Å². The molecular formula is C22H29N3O4. The summed E-state index contributed by atoms with van der Waals surface area (Å²) in [6.45, 7) is 7.91. The summed E-state index contributed by atoms with van der Waals surface area (Å²) in [5.74, 6) is 0.648. The van der Waals surface area contributed by atoms with Gasteiger partial charge in [0.2, 0.25) is 5.89 Å². The minimum Gasteiger partial charge on any atom is -0.464 e. The molecule has 0 aliphatic carbocycles. The fourth-order valence-electron chi connectivity index (χ4n) is 3.85. The third kappa shape index (κ3) is 5.23. The quantitative estimate of drug-likeness (QED) is 0.635. The number of amides is 1. The molecular weight excluding hydrogens is 370 g/mol. The number of hydrogen-bond acceptors (Lipinski definition) is 6. The van der Waals surface area contributed by atoms with Crippen LogP contribution in [0.5, 0.6) is 0 Å². The van der Waals surface area contributed by atoms with E-state index >= 15 is 0 Å². The van der Waals surface area contributed by atoms with Crippen LogP contribution in [0.3, 0.4) is 0 Å². The zero-order valence-electron chi connectivity index (χ0n) is 17.4. The number of rotatable bonds is 8. The van der Waals surface area contributed by atoms with Crippen molar-refractivity contribution >= 4 is 11.9 Å². The van der Waals surface area contributed by atoms with Gasteiger partial charge in [0.1, 0.15) is 6.26 Å². The Labute approximate surface area is 171 Å². The van der Waals surface area contributed by atoms with Crippen LogP contribution in [0.2, 0.25) is 0 Å². The minimum atomic E-state index is -0.488. The SMILES string of the molecule is CCN(CC)C(=O)c1cccc(CC2CCN(Cc3nc(C(=O)OC)co3)C2)c1. The smallest absolute Gasteiger partial charge is 0.360 e. The second-order valence-electron chi connectivity index (χ2n) is 7.39.